The highest BCUT2D eigenvalue weighted by Gasteiger charge is 2.28. The minimum atomic E-state index is 0.0451. The first-order valence-electron chi connectivity index (χ1n) is 5.85. The third-order valence-corrected chi connectivity index (χ3v) is 4.64. The Balaban J connectivity index is 1.99. The Hall–Kier alpha value is -0.610. The molecule has 18 heavy (non-hydrogen) atoms. The Morgan fingerprint density at radius 3 is 2.83 bits per heavy atom. The second-order valence-electron chi connectivity index (χ2n) is 4.39. The summed E-state index contributed by atoms with van der Waals surface area (Å²) < 4.78 is 0. The van der Waals surface area contributed by atoms with E-state index in [0.717, 1.165) is 10.6 Å². The standard InChI is InChI=1S/C13H12Cl2N2S/c14-10-3-1-2-9(11(10)15)12(17-8-4-5-8)13-16-6-7-18-13/h1-3,6-8,12,17H,4-5H2. The summed E-state index contributed by atoms with van der Waals surface area (Å²) in [7, 11) is 0. The number of rotatable bonds is 4. The van der Waals surface area contributed by atoms with E-state index < -0.39 is 0 Å². The molecule has 0 amide bonds. The van der Waals surface area contributed by atoms with Gasteiger partial charge in [0.1, 0.15) is 5.01 Å². The maximum Gasteiger partial charge on any atom is 0.114 e. The highest BCUT2D eigenvalue weighted by molar-refractivity contribution is 7.09. The van der Waals surface area contributed by atoms with Gasteiger partial charge in [0.2, 0.25) is 0 Å². The molecule has 2 nitrogen and oxygen atoms in total. The molecular weight excluding hydrogens is 287 g/mol. The molecule has 1 N–H and O–H groups in total. The summed E-state index contributed by atoms with van der Waals surface area (Å²) >= 11 is 14.0. The summed E-state index contributed by atoms with van der Waals surface area (Å²) in [5.74, 6) is 0. The Morgan fingerprint density at radius 2 is 2.17 bits per heavy atom. The van der Waals surface area contributed by atoms with Gasteiger partial charge in [0.25, 0.3) is 0 Å². The van der Waals surface area contributed by atoms with Crippen LogP contribution >= 0.6 is 34.5 Å². The van der Waals surface area contributed by atoms with Gasteiger partial charge in [-0.2, -0.15) is 0 Å². The van der Waals surface area contributed by atoms with Crippen molar-refractivity contribution in [2.45, 2.75) is 24.9 Å². The summed E-state index contributed by atoms with van der Waals surface area (Å²) in [6.07, 6.45) is 4.26. The number of nitrogens with one attached hydrogen (secondary N) is 1. The molecule has 1 heterocycles. The smallest absolute Gasteiger partial charge is 0.114 e. The highest BCUT2D eigenvalue weighted by Crippen LogP contribution is 2.36. The van der Waals surface area contributed by atoms with Crippen molar-refractivity contribution in [3.05, 3.63) is 50.4 Å². The average Bonchev–Trinajstić information content (AvgIpc) is 3.02. The van der Waals surface area contributed by atoms with Crippen LogP contribution in [0.2, 0.25) is 10.0 Å². The van der Waals surface area contributed by atoms with E-state index in [2.05, 4.69) is 10.3 Å². The summed E-state index contributed by atoms with van der Waals surface area (Å²) in [5, 5.41) is 7.81. The van der Waals surface area contributed by atoms with E-state index in [1.54, 1.807) is 11.3 Å². The van der Waals surface area contributed by atoms with Crippen molar-refractivity contribution in [3.8, 4) is 0 Å². The SMILES string of the molecule is Clc1cccc(C(NC2CC2)c2nccs2)c1Cl. The lowest BCUT2D eigenvalue weighted by Gasteiger charge is -2.18. The predicted molar refractivity (Wildman–Crippen MR) is 76.6 cm³/mol. The van der Waals surface area contributed by atoms with Crippen molar-refractivity contribution < 1.29 is 0 Å². The van der Waals surface area contributed by atoms with E-state index in [-0.39, 0.29) is 6.04 Å². The fourth-order valence-electron chi connectivity index (χ4n) is 1.90. The zero-order valence-corrected chi connectivity index (χ0v) is 11.9. The molecule has 0 aliphatic heterocycles. The molecule has 0 saturated heterocycles. The van der Waals surface area contributed by atoms with Crippen LogP contribution < -0.4 is 5.32 Å². The quantitative estimate of drug-likeness (QED) is 0.911. The van der Waals surface area contributed by atoms with E-state index in [4.69, 9.17) is 23.2 Å². The molecule has 0 bridgehead atoms. The maximum absolute atomic E-state index is 6.31. The molecule has 3 rings (SSSR count). The molecule has 1 fully saturated rings. The van der Waals surface area contributed by atoms with Gasteiger partial charge >= 0.3 is 0 Å². The minimum absolute atomic E-state index is 0.0451. The van der Waals surface area contributed by atoms with Crippen LogP contribution in [0.15, 0.2) is 29.8 Å². The Labute approximate surface area is 120 Å². The van der Waals surface area contributed by atoms with Crippen LogP contribution in [-0.2, 0) is 0 Å². The number of hydrogen-bond donors (Lipinski definition) is 1. The number of thiazole rings is 1. The lowest BCUT2D eigenvalue weighted by Crippen LogP contribution is -2.24. The molecule has 1 aliphatic carbocycles. The molecule has 0 radical (unpaired) electrons. The van der Waals surface area contributed by atoms with Crippen LogP contribution in [0.1, 0.15) is 29.5 Å². The van der Waals surface area contributed by atoms with Crippen molar-refractivity contribution in [3.63, 3.8) is 0 Å². The zero-order valence-electron chi connectivity index (χ0n) is 9.57. The molecule has 1 saturated carbocycles. The molecule has 5 heteroatoms. The lowest BCUT2D eigenvalue weighted by atomic mass is 10.1. The van der Waals surface area contributed by atoms with E-state index in [0.29, 0.717) is 16.1 Å². The molecular formula is C13H12Cl2N2S. The van der Waals surface area contributed by atoms with Crippen LogP contribution in [0.4, 0.5) is 0 Å². The Bertz CT molecular complexity index is 538. The summed E-state index contributed by atoms with van der Waals surface area (Å²) in [6.45, 7) is 0. The van der Waals surface area contributed by atoms with Gasteiger partial charge in [0, 0.05) is 17.6 Å². The molecule has 1 aromatic carbocycles. The van der Waals surface area contributed by atoms with Gasteiger partial charge in [-0.25, -0.2) is 4.98 Å². The molecule has 0 spiro atoms. The number of nitrogens with zero attached hydrogens (tertiary/aromatic N) is 1. The Kier molecular flexibility index (Phi) is 3.57. The van der Waals surface area contributed by atoms with E-state index in [1.807, 2.05) is 29.8 Å². The van der Waals surface area contributed by atoms with Crippen LogP contribution in [0.5, 0.6) is 0 Å². The van der Waals surface area contributed by atoms with Crippen LogP contribution in [0.3, 0.4) is 0 Å². The average molecular weight is 299 g/mol. The maximum atomic E-state index is 6.31. The largest absolute Gasteiger partial charge is 0.301 e. The van der Waals surface area contributed by atoms with E-state index in [1.165, 1.54) is 12.8 Å². The lowest BCUT2D eigenvalue weighted by molar-refractivity contribution is 0.598. The number of benzene rings is 1. The first-order valence-corrected chi connectivity index (χ1v) is 7.48. The monoisotopic (exact) mass is 298 g/mol. The van der Waals surface area contributed by atoms with Crippen molar-refractivity contribution in [2.75, 3.05) is 0 Å². The van der Waals surface area contributed by atoms with Crippen LogP contribution in [0, 0.1) is 0 Å². The molecule has 1 aliphatic rings. The van der Waals surface area contributed by atoms with Crippen molar-refractivity contribution in [2.24, 2.45) is 0 Å². The summed E-state index contributed by atoms with van der Waals surface area (Å²) in [4.78, 5) is 4.40. The molecule has 1 atom stereocenters. The van der Waals surface area contributed by atoms with Gasteiger partial charge in [-0.15, -0.1) is 11.3 Å². The number of halogens is 2. The second-order valence-corrected chi connectivity index (χ2v) is 6.10. The van der Waals surface area contributed by atoms with Gasteiger partial charge in [-0.05, 0) is 24.5 Å². The predicted octanol–water partition coefficient (Wildman–Crippen LogP) is 4.29. The van der Waals surface area contributed by atoms with Gasteiger partial charge in [-0.3, -0.25) is 0 Å². The van der Waals surface area contributed by atoms with Gasteiger partial charge < -0.3 is 5.32 Å². The summed E-state index contributed by atoms with van der Waals surface area (Å²) in [6, 6.07) is 6.37. The first kappa shape index (κ1) is 12.4. The van der Waals surface area contributed by atoms with Crippen molar-refractivity contribution in [1.29, 1.82) is 0 Å². The zero-order chi connectivity index (χ0) is 12.5. The third kappa shape index (κ3) is 2.54. The Morgan fingerprint density at radius 1 is 1.33 bits per heavy atom. The third-order valence-electron chi connectivity index (χ3n) is 2.97. The molecule has 94 valence electrons. The fourth-order valence-corrected chi connectivity index (χ4v) is 3.03. The van der Waals surface area contributed by atoms with E-state index in [9.17, 15) is 0 Å². The fraction of sp³-hybridized carbons (Fsp3) is 0.308. The van der Waals surface area contributed by atoms with Gasteiger partial charge in [-0.1, -0.05) is 35.3 Å². The molecule has 1 aromatic heterocycles. The van der Waals surface area contributed by atoms with E-state index >= 15 is 0 Å². The molecule has 2 aromatic rings. The van der Waals surface area contributed by atoms with Crippen LogP contribution in [-0.4, -0.2) is 11.0 Å². The highest BCUT2D eigenvalue weighted by atomic mass is 35.5. The topological polar surface area (TPSA) is 24.9 Å². The van der Waals surface area contributed by atoms with Crippen LogP contribution in [0.25, 0.3) is 0 Å². The normalized spacial score (nSPS) is 16.8. The van der Waals surface area contributed by atoms with Crippen molar-refractivity contribution >= 4 is 34.5 Å². The first-order chi connectivity index (χ1) is 8.75. The molecule has 1 unspecified atom stereocenters. The second kappa shape index (κ2) is 5.17. The number of aromatic nitrogens is 1. The van der Waals surface area contributed by atoms with Gasteiger partial charge in [0.15, 0.2) is 0 Å². The van der Waals surface area contributed by atoms with Gasteiger partial charge in [0.05, 0.1) is 16.1 Å². The summed E-state index contributed by atoms with van der Waals surface area (Å²) in [5.41, 5.74) is 1.01. The number of hydrogen-bond acceptors (Lipinski definition) is 3. The minimum Gasteiger partial charge on any atom is -0.301 e. The van der Waals surface area contributed by atoms with Crippen molar-refractivity contribution in [1.82, 2.24) is 10.3 Å².